The maximum absolute atomic E-state index is 13.0. The van der Waals surface area contributed by atoms with Gasteiger partial charge in [-0.1, -0.05) is 24.6 Å². The summed E-state index contributed by atoms with van der Waals surface area (Å²) in [5.74, 6) is 2.18. The number of methoxy groups -OCH3 is 2. The molecular weight excluding hydrogens is 340 g/mol. The van der Waals surface area contributed by atoms with Crippen LogP contribution < -0.4 is 14.4 Å². The molecule has 5 nitrogen and oxygen atoms in total. The molecule has 0 unspecified atom stereocenters. The van der Waals surface area contributed by atoms with Crippen LogP contribution in [0.4, 0.5) is 5.69 Å². The number of anilines is 1. The van der Waals surface area contributed by atoms with Gasteiger partial charge in [0, 0.05) is 24.2 Å². The number of benzene rings is 2. The highest BCUT2D eigenvalue weighted by molar-refractivity contribution is 6.07. The largest absolute Gasteiger partial charge is 0.493 e. The van der Waals surface area contributed by atoms with E-state index in [1.807, 2.05) is 35.2 Å². The van der Waals surface area contributed by atoms with Crippen molar-refractivity contribution >= 4 is 17.3 Å². The Morgan fingerprint density at radius 3 is 2.52 bits per heavy atom. The van der Waals surface area contributed by atoms with Crippen molar-refractivity contribution in [1.29, 1.82) is 0 Å². The monoisotopic (exact) mass is 366 g/mol. The Kier molecular flexibility index (Phi) is 6.47. The molecule has 2 aromatic rings. The van der Waals surface area contributed by atoms with E-state index in [0.717, 1.165) is 37.3 Å². The van der Waals surface area contributed by atoms with Crippen LogP contribution in [-0.2, 0) is 0 Å². The minimum atomic E-state index is 0.0201. The lowest BCUT2D eigenvalue weighted by molar-refractivity contribution is 0.100. The van der Waals surface area contributed by atoms with Crippen LogP contribution in [0, 0.1) is 0 Å². The Labute approximate surface area is 160 Å². The van der Waals surface area contributed by atoms with E-state index >= 15 is 0 Å². The van der Waals surface area contributed by atoms with Crippen LogP contribution in [0.2, 0.25) is 0 Å². The fourth-order valence-corrected chi connectivity index (χ4v) is 3.26. The molecule has 0 spiro atoms. The highest BCUT2D eigenvalue weighted by Gasteiger charge is 2.20. The van der Waals surface area contributed by atoms with Gasteiger partial charge >= 0.3 is 0 Å². The van der Waals surface area contributed by atoms with Crippen LogP contribution in [0.1, 0.15) is 36.0 Å². The van der Waals surface area contributed by atoms with Crippen molar-refractivity contribution in [1.82, 2.24) is 0 Å². The first-order valence-corrected chi connectivity index (χ1v) is 9.34. The van der Waals surface area contributed by atoms with E-state index in [0.29, 0.717) is 17.1 Å². The summed E-state index contributed by atoms with van der Waals surface area (Å²) in [5, 5.41) is 0. The van der Waals surface area contributed by atoms with E-state index in [4.69, 9.17) is 14.5 Å². The number of rotatable bonds is 6. The van der Waals surface area contributed by atoms with Gasteiger partial charge in [-0.25, -0.2) is 0 Å². The molecule has 3 rings (SSSR count). The lowest BCUT2D eigenvalue weighted by atomic mass is 10.1. The number of Topliss-reactive ketones (excluding diaryl/α,β-unsaturated/α-hetero) is 1. The summed E-state index contributed by atoms with van der Waals surface area (Å²) in [6.45, 7) is 1.07. The normalized spacial score (nSPS) is 14.1. The number of amidine groups is 1. The summed E-state index contributed by atoms with van der Waals surface area (Å²) >= 11 is 0. The third-order valence-electron chi connectivity index (χ3n) is 4.74. The average Bonchev–Trinajstić information content (AvgIpc) is 3.01. The number of carbonyl (C=O) groups is 1. The summed E-state index contributed by atoms with van der Waals surface area (Å²) in [6.07, 6.45) is 4.29. The number of ketones is 1. The molecule has 1 aliphatic heterocycles. The van der Waals surface area contributed by atoms with Crippen LogP contribution in [0.15, 0.2) is 53.5 Å². The van der Waals surface area contributed by atoms with Crippen molar-refractivity contribution in [3.8, 4) is 11.5 Å². The van der Waals surface area contributed by atoms with Gasteiger partial charge in [0.25, 0.3) is 0 Å². The number of nitrogens with zero attached hydrogens (tertiary/aromatic N) is 2. The Morgan fingerprint density at radius 2 is 1.78 bits per heavy atom. The van der Waals surface area contributed by atoms with Crippen molar-refractivity contribution in [3.05, 3.63) is 54.1 Å². The van der Waals surface area contributed by atoms with Crippen molar-refractivity contribution < 1.29 is 14.3 Å². The maximum atomic E-state index is 13.0. The highest BCUT2D eigenvalue weighted by Crippen LogP contribution is 2.28. The molecule has 0 N–H and O–H groups in total. The smallest absolute Gasteiger partial charge is 0.182 e. The van der Waals surface area contributed by atoms with E-state index in [1.165, 1.54) is 6.42 Å². The maximum Gasteiger partial charge on any atom is 0.182 e. The van der Waals surface area contributed by atoms with Crippen molar-refractivity contribution in [2.75, 3.05) is 32.2 Å². The van der Waals surface area contributed by atoms with Gasteiger partial charge in [0.15, 0.2) is 17.3 Å². The van der Waals surface area contributed by atoms with Gasteiger partial charge in [-0.15, -0.1) is 0 Å². The van der Waals surface area contributed by atoms with Gasteiger partial charge in [-0.3, -0.25) is 9.79 Å². The number of aliphatic imine (C=N–C) groups is 1. The molecule has 0 aromatic heterocycles. The SMILES string of the molecule is COc1ccc(C(=O)CN(C2=NCCCCC2)c2ccccc2)cc1OC. The first kappa shape index (κ1) is 19.0. The van der Waals surface area contributed by atoms with Crippen molar-refractivity contribution in [2.24, 2.45) is 4.99 Å². The lowest BCUT2D eigenvalue weighted by Gasteiger charge is -2.25. The van der Waals surface area contributed by atoms with Gasteiger partial charge in [0.1, 0.15) is 5.84 Å². The quantitative estimate of drug-likeness (QED) is 0.713. The van der Waals surface area contributed by atoms with E-state index in [2.05, 4.69) is 0 Å². The van der Waals surface area contributed by atoms with Gasteiger partial charge in [-0.05, 0) is 43.2 Å². The first-order valence-electron chi connectivity index (χ1n) is 9.34. The number of ether oxygens (including phenoxy) is 2. The van der Waals surface area contributed by atoms with Crippen LogP contribution in [-0.4, -0.2) is 38.9 Å². The van der Waals surface area contributed by atoms with E-state index < -0.39 is 0 Å². The minimum absolute atomic E-state index is 0.0201. The van der Waals surface area contributed by atoms with Crippen molar-refractivity contribution in [2.45, 2.75) is 25.7 Å². The molecule has 0 saturated heterocycles. The number of hydrogen-bond donors (Lipinski definition) is 0. The van der Waals surface area contributed by atoms with Gasteiger partial charge in [0.05, 0.1) is 20.8 Å². The second-order valence-electron chi connectivity index (χ2n) is 6.52. The molecule has 142 valence electrons. The molecule has 0 radical (unpaired) electrons. The summed E-state index contributed by atoms with van der Waals surface area (Å²) < 4.78 is 10.6. The van der Waals surface area contributed by atoms with Crippen LogP contribution in [0.3, 0.4) is 0 Å². The predicted octanol–water partition coefficient (Wildman–Crippen LogP) is 4.37. The van der Waals surface area contributed by atoms with Gasteiger partial charge < -0.3 is 14.4 Å². The molecule has 0 fully saturated rings. The Morgan fingerprint density at radius 1 is 1.00 bits per heavy atom. The Bertz CT molecular complexity index is 802. The molecule has 2 aromatic carbocycles. The summed E-state index contributed by atoms with van der Waals surface area (Å²) in [7, 11) is 3.16. The fraction of sp³-hybridized carbons (Fsp3) is 0.364. The van der Waals surface area contributed by atoms with E-state index in [1.54, 1.807) is 32.4 Å². The molecule has 0 aliphatic carbocycles. The van der Waals surface area contributed by atoms with Crippen LogP contribution >= 0.6 is 0 Å². The number of carbonyl (C=O) groups excluding carboxylic acids is 1. The summed E-state index contributed by atoms with van der Waals surface area (Å²) in [5.41, 5.74) is 1.59. The average molecular weight is 366 g/mol. The zero-order valence-electron chi connectivity index (χ0n) is 16.0. The zero-order valence-corrected chi connectivity index (χ0v) is 16.0. The first-order chi connectivity index (χ1) is 13.2. The van der Waals surface area contributed by atoms with Crippen LogP contribution in [0.25, 0.3) is 0 Å². The Balaban J connectivity index is 1.87. The summed E-state index contributed by atoms with van der Waals surface area (Å²) in [6, 6.07) is 15.3. The van der Waals surface area contributed by atoms with Crippen molar-refractivity contribution in [3.63, 3.8) is 0 Å². The number of para-hydroxylation sites is 1. The second kappa shape index (κ2) is 9.21. The van der Waals surface area contributed by atoms with Crippen LogP contribution in [0.5, 0.6) is 11.5 Å². The van der Waals surface area contributed by atoms with Gasteiger partial charge in [-0.2, -0.15) is 0 Å². The number of hydrogen-bond acceptors (Lipinski definition) is 5. The molecule has 0 bridgehead atoms. The molecule has 1 aliphatic rings. The molecule has 0 atom stereocenters. The molecule has 0 amide bonds. The molecule has 27 heavy (non-hydrogen) atoms. The molecule has 5 heteroatoms. The second-order valence-corrected chi connectivity index (χ2v) is 6.52. The van der Waals surface area contributed by atoms with E-state index in [-0.39, 0.29) is 12.3 Å². The standard InChI is InChI=1S/C22H26N2O3/c1-26-20-13-12-17(15-21(20)27-2)19(25)16-24(18-9-5-3-6-10-18)22-11-7-4-8-14-23-22/h3,5-6,9-10,12-13,15H,4,7-8,11,14,16H2,1-2H3. The summed E-state index contributed by atoms with van der Waals surface area (Å²) in [4.78, 5) is 19.8. The van der Waals surface area contributed by atoms with Gasteiger partial charge in [0.2, 0.25) is 0 Å². The molecular formula is C22H26N2O3. The molecule has 0 saturated carbocycles. The third kappa shape index (κ3) is 4.67. The molecule has 1 heterocycles. The minimum Gasteiger partial charge on any atom is -0.493 e. The fourth-order valence-electron chi connectivity index (χ4n) is 3.26. The Hall–Kier alpha value is -2.82. The highest BCUT2D eigenvalue weighted by atomic mass is 16.5. The predicted molar refractivity (Wildman–Crippen MR) is 108 cm³/mol. The lowest BCUT2D eigenvalue weighted by Crippen LogP contribution is -2.36. The topological polar surface area (TPSA) is 51.1 Å². The third-order valence-corrected chi connectivity index (χ3v) is 4.74. The zero-order chi connectivity index (χ0) is 19.1. The van der Waals surface area contributed by atoms with E-state index in [9.17, 15) is 4.79 Å².